The number of piperidine rings is 1. The highest BCUT2D eigenvalue weighted by atomic mass is 16.1. The SMILES string of the molecule is O=c1cc(C2CCCCN2)cc[nH]1. The first-order chi connectivity index (χ1) is 6.36. The van der Waals surface area contributed by atoms with Gasteiger partial charge in [-0.15, -0.1) is 0 Å². The summed E-state index contributed by atoms with van der Waals surface area (Å²) >= 11 is 0. The Morgan fingerprint density at radius 3 is 3.00 bits per heavy atom. The minimum absolute atomic E-state index is 0.00938. The molecule has 1 unspecified atom stereocenters. The van der Waals surface area contributed by atoms with Crippen molar-refractivity contribution in [2.24, 2.45) is 0 Å². The molecule has 2 rings (SSSR count). The van der Waals surface area contributed by atoms with Crippen LogP contribution in [0.2, 0.25) is 0 Å². The molecule has 1 aliphatic heterocycles. The standard InChI is InChI=1S/C10H14N2O/c13-10-7-8(4-6-12-10)9-3-1-2-5-11-9/h4,6-7,9,11H,1-3,5H2,(H,12,13). The second kappa shape index (κ2) is 3.75. The molecule has 1 atom stereocenters. The van der Waals surface area contributed by atoms with E-state index in [1.807, 2.05) is 6.07 Å². The Balaban J connectivity index is 2.19. The van der Waals surface area contributed by atoms with Crippen molar-refractivity contribution in [3.05, 3.63) is 34.2 Å². The summed E-state index contributed by atoms with van der Waals surface area (Å²) in [5, 5.41) is 3.41. The predicted octanol–water partition coefficient (Wildman–Crippen LogP) is 1.19. The second-order valence-electron chi connectivity index (χ2n) is 3.49. The molecule has 0 spiro atoms. The van der Waals surface area contributed by atoms with Gasteiger partial charge in [-0.05, 0) is 31.0 Å². The zero-order chi connectivity index (χ0) is 9.10. The van der Waals surface area contributed by atoms with Gasteiger partial charge in [0.15, 0.2) is 0 Å². The third-order valence-corrected chi connectivity index (χ3v) is 2.51. The van der Waals surface area contributed by atoms with Crippen LogP contribution in [0.3, 0.4) is 0 Å². The average Bonchev–Trinajstić information content (AvgIpc) is 2.19. The molecule has 1 aliphatic rings. The second-order valence-corrected chi connectivity index (χ2v) is 3.49. The van der Waals surface area contributed by atoms with Gasteiger partial charge in [0.1, 0.15) is 0 Å². The first kappa shape index (κ1) is 8.51. The topological polar surface area (TPSA) is 44.9 Å². The van der Waals surface area contributed by atoms with Gasteiger partial charge in [-0.3, -0.25) is 4.79 Å². The Bertz CT molecular complexity index is 326. The van der Waals surface area contributed by atoms with Gasteiger partial charge in [0, 0.05) is 18.3 Å². The summed E-state index contributed by atoms with van der Waals surface area (Å²) in [6.07, 6.45) is 5.36. The highest BCUT2D eigenvalue weighted by Gasteiger charge is 2.14. The molecular formula is C10H14N2O. The van der Waals surface area contributed by atoms with Crippen LogP contribution in [-0.4, -0.2) is 11.5 Å². The molecule has 0 saturated carbocycles. The van der Waals surface area contributed by atoms with E-state index in [0.29, 0.717) is 6.04 Å². The van der Waals surface area contributed by atoms with Crippen molar-refractivity contribution in [2.45, 2.75) is 25.3 Å². The number of hydrogen-bond donors (Lipinski definition) is 2. The molecule has 0 aliphatic carbocycles. The van der Waals surface area contributed by atoms with Crippen LogP contribution in [0.1, 0.15) is 30.9 Å². The van der Waals surface area contributed by atoms with Gasteiger partial charge in [0.2, 0.25) is 5.56 Å². The van der Waals surface area contributed by atoms with Crippen molar-refractivity contribution in [1.29, 1.82) is 0 Å². The maximum atomic E-state index is 11.0. The summed E-state index contributed by atoms with van der Waals surface area (Å²) in [6.45, 7) is 1.07. The van der Waals surface area contributed by atoms with E-state index in [-0.39, 0.29) is 5.56 Å². The molecular weight excluding hydrogens is 164 g/mol. The van der Waals surface area contributed by atoms with Crippen molar-refractivity contribution < 1.29 is 0 Å². The number of aromatic nitrogens is 1. The van der Waals surface area contributed by atoms with Crippen LogP contribution >= 0.6 is 0 Å². The van der Waals surface area contributed by atoms with Crippen molar-refractivity contribution in [2.75, 3.05) is 6.54 Å². The van der Waals surface area contributed by atoms with Gasteiger partial charge >= 0.3 is 0 Å². The average molecular weight is 178 g/mol. The fourth-order valence-electron chi connectivity index (χ4n) is 1.81. The van der Waals surface area contributed by atoms with Crippen molar-refractivity contribution in [3.8, 4) is 0 Å². The van der Waals surface area contributed by atoms with E-state index in [1.54, 1.807) is 12.3 Å². The van der Waals surface area contributed by atoms with Gasteiger partial charge < -0.3 is 10.3 Å². The van der Waals surface area contributed by atoms with E-state index in [1.165, 1.54) is 12.8 Å². The molecule has 3 nitrogen and oxygen atoms in total. The highest BCUT2D eigenvalue weighted by Crippen LogP contribution is 2.20. The summed E-state index contributed by atoms with van der Waals surface area (Å²) < 4.78 is 0. The lowest BCUT2D eigenvalue weighted by atomic mass is 9.99. The van der Waals surface area contributed by atoms with Crippen LogP contribution in [0.15, 0.2) is 23.1 Å². The normalized spacial score (nSPS) is 22.9. The predicted molar refractivity (Wildman–Crippen MR) is 51.7 cm³/mol. The molecule has 13 heavy (non-hydrogen) atoms. The monoisotopic (exact) mass is 178 g/mol. The number of nitrogens with one attached hydrogen (secondary N) is 2. The molecule has 1 saturated heterocycles. The van der Waals surface area contributed by atoms with Gasteiger partial charge in [0.25, 0.3) is 0 Å². The maximum absolute atomic E-state index is 11.0. The molecule has 0 radical (unpaired) electrons. The van der Waals surface area contributed by atoms with E-state index in [4.69, 9.17) is 0 Å². The highest BCUT2D eigenvalue weighted by molar-refractivity contribution is 5.15. The van der Waals surface area contributed by atoms with Gasteiger partial charge in [-0.25, -0.2) is 0 Å². The molecule has 2 heterocycles. The molecule has 1 aromatic heterocycles. The molecule has 70 valence electrons. The molecule has 0 amide bonds. The molecule has 3 heteroatoms. The fourth-order valence-corrected chi connectivity index (χ4v) is 1.81. The number of rotatable bonds is 1. The molecule has 2 N–H and O–H groups in total. The lowest BCUT2D eigenvalue weighted by Gasteiger charge is -2.23. The van der Waals surface area contributed by atoms with Crippen LogP contribution in [0.4, 0.5) is 0 Å². The first-order valence-electron chi connectivity index (χ1n) is 4.78. The van der Waals surface area contributed by atoms with E-state index < -0.39 is 0 Å². The third kappa shape index (κ3) is 1.98. The Morgan fingerprint density at radius 2 is 2.31 bits per heavy atom. The summed E-state index contributed by atoms with van der Waals surface area (Å²) in [6, 6.07) is 4.05. The van der Waals surface area contributed by atoms with Crippen molar-refractivity contribution in [1.82, 2.24) is 10.3 Å². The van der Waals surface area contributed by atoms with E-state index in [2.05, 4.69) is 10.3 Å². The molecule has 0 bridgehead atoms. The van der Waals surface area contributed by atoms with Gasteiger partial charge in [0.05, 0.1) is 0 Å². The lowest BCUT2D eigenvalue weighted by molar-refractivity contribution is 0.412. The third-order valence-electron chi connectivity index (χ3n) is 2.51. The summed E-state index contributed by atoms with van der Waals surface area (Å²) in [7, 11) is 0. The maximum Gasteiger partial charge on any atom is 0.248 e. The van der Waals surface area contributed by atoms with Crippen LogP contribution in [0.25, 0.3) is 0 Å². The number of hydrogen-bond acceptors (Lipinski definition) is 2. The van der Waals surface area contributed by atoms with E-state index in [9.17, 15) is 4.79 Å². The van der Waals surface area contributed by atoms with Crippen LogP contribution in [0, 0.1) is 0 Å². The summed E-state index contributed by atoms with van der Waals surface area (Å²) in [5.74, 6) is 0. The van der Waals surface area contributed by atoms with Crippen LogP contribution < -0.4 is 10.9 Å². The minimum Gasteiger partial charge on any atom is -0.329 e. The van der Waals surface area contributed by atoms with Crippen molar-refractivity contribution >= 4 is 0 Å². The minimum atomic E-state index is -0.00938. The Hall–Kier alpha value is -1.09. The number of aromatic amines is 1. The van der Waals surface area contributed by atoms with Gasteiger partial charge in [-0.1, -0.05) is 6.42 Å². The number of pyridine rings is 1. The Kier molecular flexibility index (Phi) is 2.45. The molecule has 1 aromatic rings. The summed E-state index contributed by atoms with van der Waals surface area (Å²) in [5.41, 5.74) is 1.10. The van der Waals surface area contributed by atoms with Crippen molar-refractivity contribution in [3.63, 3.8) is 0 Å². The fraction of sp³-hybridized carbons (Fsp3) is 0.500. The van der Waals surface area contributed by atoms with E-state index >= 15 is 0 Å². The summed E-state index contributed by atoms with van der Waals surface area (Å²) in [4.78, 5) is 13.7. The zero-order valence-corrected chi connectivity index (χ0v) is 7.55. The zero-order valence-electron chi connectivity index (χ0n) is 7.55. The largest absolute Gasteiger partial charge is 0.329 e. The quantitative estimate of drug-likeness (QED) is 0.678. The van der Waals surface area contributed by atoms with E-state index in [0.717, 1.165) is 18.5 Å². The Morgan fingerprint density at radius 1 is 1.38 bits per heavy atom. The van der Waals surface area contributed by atoms with Crippen LogP contribution in [0.5, 0.6) is 0 Å². The molecule has 0 aromatic carbocycles. The first-order valence-corrected chi connectivity index (χ1v) is 4.78. The number of H-pyrrole nitrogens is 1. The Labute approximate surface area is 77.2 Å². The smallest absolute Gasteiger partial charge is 0.248 e. The van der Waals surface area contributed by atoms with Gasteiger partial charge in [-0.2, -0.15) is 0 Å². The molecule has 1 fully saturated rings. The lowest BCUT2D eigenvalue weighted by Crippen LogP contribution is -2.27. The van der Waals surface area contributed by atoms with Crippen LogP contribution in [-0.2, 0) is 0 Å².